The van der Waals surface area contributed by atoms with E-state index >= 15 is 0 Å². The van der Waals surface area contributed by atoms with E-state index in [4.69, 9.17) is 4.74 Å². The molecule has 1 aliphatic heterocycles. The summed E-state index contributed by atoms with van der Waals surface area (Å²) in [5.74, 6) is -0.0846. The Hall–Kier alpha value is -0.610. The highest BCUT2D eigenvalue weighted by Gasteiger charge is 2.50. The van der Waals surface area contributed by atoms with Crippen molar-refractivity contribution in [3.05, 3.63) is 0 Å². The molecule has 122 valence electrons. The van der Waals surface area contributed by atoms with Crippen LogP contribution < -0.4 is 5.32 Å². The maximum atomic E-state index is 12.4. The average Bonchev–Trinajstić information content (AvgIpc) is 3.01. The monoisotopic (exact) mass is 296 g/mol. The Bertz CT molecular complexity index is 372. The second kappa shape index (κ2) is 6.66. The number of carbonyl (C=O) groups excluding carboxylic acids is 1. The van der Waals surface area contributed by atoms with Crippen molar-refractivity contribution >= 4 is 5.97 Å². The van der Waals surface area contributed by atoms with E-state index in [1.807, 2.05) is 0 Å². The van der Waals surface area contributed by atoms with E-state index in [1.54, 1.807) is 0 Å². The Morgan fingerprint density at radius 2 is 2.10 bits per heavy atom. The third-order valence-electron chi connectivity index (χ3n) is 5.37. The van der Waals surface area contributed by atoms with Gasteiger partial charge in [0.1, 0.15) is 5.54 Å². The number of ether oxygens (including phenoxy) is 1. The first-order chi connectivity index (χ1) is 9.93. The molecule has 1 aliphatic carbocycles. The molecule has 4 atom stereocenters. The third-order valence-corrected chi connectivity index (χ3v) is 5.37. The summed E-state index contributed by atoms with van der Waals surface area (Å²) in [5.41, 5.74) is -0.478. The van der Waals surface area contributed by atoms with Crippen LogP contribution in [-0.2, 0) is 9.53 Å². The summed E-state index contributed by atoms with van der Waals surface area (Å²) < 4.78 is 5.11. The average molecular weight is 296 g/mol. The highest BCUT2D eigenvalue weighted by molar-refractivity contribution is 5.81. The third kappa shape index (κ3) is 3.26. The van der Waals surface area contributed by atoms with Crippen molar-refractivity contribution in [1.82, 2.24) is 10.2 Å². The molecule has 0 radical (unpaired) electrons. The van der Waals surface area contributed by atoms with E-state index < -0.39 is 5.54 Å². The molecule has 4 heteroatoms. The maximum absolute atomic E-state index is 12.4. The van der Waals surface area contributed by atoms with Gasteiger partial charge in [-0.15, -0.1) is 0 Å². The summed E-state index contributed by atoms with van der Waals surface area (Å²) in [7, 11) is 1.51. The molecule has 1 N–H and O–H groups in total. The Kier molecular flexibility index (Phi) is 5.31. The van der Waals surface area contributed by atoms with Crippen molar-refractivity contribution in [2.24, 2.45) is 0 Å². The van der Waals surface area contributed by atoms with Gasteiger partial charge in [0.2, 0.25) is 0 Å². The minimum Gasteiger partial charge on any atom is -0.468 e. The predicted molar refractivity (Wildman–Crippen MR) is 85.3 cm³/mol. The van der Waals surface area contributed by atoms with Crippen LogP contribution in [0.1, 0.15) is 66.2 Å². The van der Waals surface area contributed by atoms with Crippen molar-refractivity contribution in [1.29, 1.82) is 0 Å². The molecular weight excluding hydrogens is 264 g/mol. The number of hydrogen-bond donors (Lipinski definition) is 1. The molecule has 2 fully saturated rings. The summed E-state index contributed by atoms with van der Waals surface area (Å²) in [6.45, 7) is 8.82. The van der Waals surface area contributed by atoms with Crippen molar-refractivity contribution in [3.63, 3.8) is 0 Å². The molecule has 0 aromatic rings. The zero-order chi connectivity index (χ0) is 15.6. The zero-order valence-corrected chi connectivity index (χ0v) is 14.3. The molecule has 1 saturated heterocycles. The first-order valence-corrected chi connectivity index (χ1v) is 8.57. The van der Waals surface area contributed by atoms with E-state index in [0.717, 1.165) is 19.3 Å². The molecule has 2 rings (SSSR count). The summed E-state index contributed by atoms with van der Waals surface area (Å²) in [6, 6.07) is 2.14. The van der Waals surface area contributed by atoms with Crippen LogP contribution in [0, 0.1) is 0 Å². The Balaban J connectivity index is 2.14. The molecule has 0 aromatic heterocycles. The molecule has 4 nitrogen and oxygen atoms in total. The predicted octanol–water partition coefficient (Wildman–Crippen LogP) is 2.71. The molecule has 2 aliphatic rings. The number of rotatable bonds is 5. The standard InChI is InChI=1S/C17H32N2O2/c1-6-14-8-7-13(4)19(14)15-9-10-17(11-15,16(20)21-5)18-12(2)3/h12-15,18H,6-11H2,1-5H3. The molecule has 1 saturated carbocycles. The van der Waals surface area contributed by atoms with Crippen LogP contribution in [0.5, 0.6) is 0 Å². The largest absolute Gasteiger partial charge is 0.468 e. The maximum Gasteiger partial charge on any atom is 0.326 e. The van der Waals surface area contributed by atoms with Gasteiger partial charge in [-0.05, 0) is 59.3 Å². The van der Waals surface area contributed by atoms with E-state index in [9.17, 15) is 4.79 Å². The van der Waals surface area contributed by atoms with Gasteiger partial charge in [-0.25, -0.2) is 0 Å². The summed E-state index contributed by atoms with van der Waals surface area (Å²) in [5, 5.41) is 3.51. The lowest BCUT2D eigenvalue weighted by atomic mass is 9.95. The Morgan fingerprint density at radius 3 is 2.67 bits per heavy atom. The highest BCUT2D eigenvalue weighted by Crippen LogP contribution is 2.40. The number of carbonyl (C=O) groups is 1. The number of esters is 1. The van der Waals surface area contributed by atoms with Crippen LogP contribution in [-0.4, -0.2) is 47.7 Å². The van der Waals surface area contributed by atoms with E-state index in [1.165, 1.54) is 26.4 Å². The van der Waals surface area contributed by atoms with Crippen LogP contribution in [0.3, 0.4) is 0 Å². The van der Waals surface area contributed by atoms with Gasteiger partial charge < -0.3 is 4.74 Å². The molecule has 1 heterocycles. The molecule has 0 aromatic carbocycles. The molecule has 0 spiro atoms. The highest BCUT2D eigenvalue weighted by atomic mass is 16.5. The lowest BCUT2D eigenvalue weighted by molar-refractivity contribution is -0.149. The van der Waals surface area contributed by atoms with E-state index in [-0.39, 0.29) is 5.97 Å². The van der Waals surface area contributed by atoms with Crippen LogP contribution in [0.2, 0.25) is 0 Å². The number of likely N-dealkylation sites (tertiary alicyclic amines) is 1. The minimum atomic E-state index is -0.478. The molecular formula is C17H32N2O2. The van der Waals surface area contributed by atoms with Crippen molar-refractivity contribution < 1.29 is 9.53 Å². The van der Waals surface area contributed by atoms with Gasteiger partial charge in [0, 0.05) is 24.2 Å². The smallest absolute Gasteiger partial charge is 0.326 e. The number of nitrogens with zero attached hydrogens (tertiary/aromatic N) is 1. The molecule has 4 unspecified atom stereocenters. The topological polar surface area (TPSA) is 41.6 Å². The van der Waals surface area contributed by atoms with Gasteiger partial charge in [-0.1, -0.05) is 6.92 Å². The van der Waals surface area contributed by atoms with Gasteiger partial charge in [-0.2, -0.15) is 0 Å². The van der Waals surface area contributed by atoms with Crippen molar-refractivity contribution in [3.8, 4) is 0 Å². The zero-order valence-electron chi connectivity index (χ0n) is 14.3. The SMILES string of the molecule is CCC1CCC(C)N1C1CCC(NC(C)C)(C(=O)OC)C1. The summed E-state index contributed by atoms with van der Waals surface area (Å²) in [6.07, 6.45) is 6.68. The van der Waals surface area contributed by atoms with Crippen LogP contribution in [0.4, 0.5) is 0 Å². The fraction of sp³-hybridized carbons (Fsp3) is 0.941. The van der Waals surface area contributed by atoms with Crippen LogP contribution in [0.25, 0.3) is 0 Å². The van der Waals surface area contributed by atoms with Crippen molar-refractivity contribution in [2.45, 2.75) is 95.9 Å². The second-order valence-corrected chi connectivity index (χ2v) is 7.21. The first kappa shape index (κ1) is 16.8. The van der Waals surface area contributed by atoms with Gasteiger partial charge >= 0.3 is 5.97 Å². The number of hydrogen-bond acceptors (Lipinski definition) is 4. The number of methoxy groups -OCH3 is 1. The summed E-state index contributed by atoms with van der Waals surface area (Å²) in [4.78, 5) is 15.0. The van der Waals surface area contributed by atoms with Crippen LogP contribution in [0.15, 0.2) is 0 Å². The molecule has 21 heavy (non-hydrogen) atoms. The Morgan fingerprint density at radius 1 is 1.38 bits per heavy atom. The Labute approximate surface area is 129 Å². The van der Waals surface area contributed by atoms with Gasteiger partial charge in [-0.3, -0.25) is 15.0 Å². The fourth-order valence-electron chi connectivity index (χ4n) is 4.56. The van der Waals surface area contributed by atoms with Gasteiger partial charge in [0.15, 0.2) is 0 Å². The van der Waals surface area contributed by atoms with E-state index in [2.05, 4.69) is 37.9 Å². The minimum absolute atomic E-state index is 0.0846. The second-order valence-electron chi connectivity index (χ2n) is 7.21. The quantitative estimate of drug-likeness (QED) is 0.792. The fourth-order valence-corrected chi connectivity index (χ4v) is 4.56. The normalized spacial score (nSPS) is 37.3. The molecule has 0 amide bonds. The lowest BCUT2D eigenvalue weighted by Crippen LogP contribution is -2.55. The molecule has 0 bridgehead atoms. The van der Waals surface area contributed by atoms with Crippen LogP contribution >= 0.6 is 0 Å². The van der Waals surface area contributed by atoms with Gasteiger partial charge in [0.05, 0.1) is 7.11 Å². The van der Waals surface area contributed by atoms with Crippen molar-refractivity contribution in [2.75, 3.05) is 7.11 Å². The number of nitrogens with one attached hydrogen (secondary N) is 1. The summed E-state index contributed by atoms with van der Waals surface area (Å²) >= 11 is 0. The van der Waals surface area contributed by atoms with Gasteiger partial charge in [0.25, 0.3) is 0 Å². The van der Waals surface area contributed by atoms with E-state index in [0.29, 0.717) is 24.2 Å². The first-order valence-electron chi connectivity index (χ1n) is 8.57. The lowest BCUT2D eigenvalue weighted by Gasteiger charge is -2.36.